The number of nitrogens with zero attached hydrogens (tertiary/aromatic N) is 2. The first-order valence-corrected chi connectivity index (χ1v) is 7.07. The lowest BCUT2D eigenvalue weighted by Crippen LogP contribution is -2.03. The van der Waals surface area contributed by atoms with E-state index in [0.29, 0.717) is 5.69 Å². The summed E-state index contributed by atoms with van der Waals surface area (Å²) >= 11 is 0. The lowest BCUT2D eigenvalue weighted by atomic mass is 10.0. The van der Waals surface area contributed by atoms with Crippen molar-refractivity contribution in [3.05, 3.63) is 72.1 Å². The number of para-hydroxylation sites is 1. The Morgan fingerprint density at radius 1 is 1.05 bits per heavy atom. The summed E-state index contributed by atoms with van der Waals surface area (Å²) in [7, 11) is 0. The van der Waals surface area contributed by atoms with Crippen LogP contribution in [0.2, 0.25) is 0 Å². The van der Waals surface area contributed by atoms with Crippen LogP contribution in [0, 0.1) is 6.92 Å². The molecule has 0 fully saturated rings. The summed E-state index contributed by atoms with van der Waals surface area (Å²) in [6.45, 7) is 2.01. The molecular formula is C18H16N2O2. The fourth-order valence-electron chi connectivity index (χ4n) is 2.50. The number of aliphatic carboxylic acids is 1. The van der Waals surface area contributed by atoms with Gasteiger partial charge < -0.3 is 5.11 Å². The molecule has 0 saturated carbocycles. The Kier molecular flexibility index (Phi) is 3.74. The van der Waals surface area contributed by atoms with Crippen LogP contribution in [0.25, 0.3) is 16.8 Å². The maximum absolute atomic E-state index is 11.1. The maximum Gasteiger partial charge on any atom is 0.309 e. The van der Waals surface area contributed by atoms with Crippen LogP contribution in [-0.2, 0) is 11.2 Å². The highest BCUT2D eigenvalue weighted by Crippen LogP contribution is 2.27. The van der Waals surface area contributed by atoms with Crippen LogP contribution in [-0.4, -0.2) is 20.9 Å². The van der Waals surface area contributed by atoms with Gasteiger partial charge in [-0.2, -0.15) is 5.10 Å². The zero-order valence-electron chi connectivity index (χ0n) is 12.2. The van der Waals surface area contributed by atoms with E-state index in [-0.39, 0.29) is 6.42 Å². The van der Waals surface area contributed by atoms with E-state index in [1.54, 1.807) is 4.68 Å². The first-order chi connectivity index (χ1) is 10.6. The van der Waals surface area contributed by atoms with Crippen molar-refractivity contribution in [2.75, 3.05) is 0 Å². The highest BCUT2D eigenvalue weighted by atomic mass is 16.4. The Morgan fingerprint density at radius 2 is 1.73 bits per heavy atom. The molecule has 3 rings (SSSR count). The van der Waals surface area contributed by atoms with Crippen LogP contribution in [0.15, 0.2) is 60.8 Å². The first kappa shape index (κ1) is 14.1. The molecule has 1 heterocycles. The topological polar surface area (TPSA) is 55.1 Å². The van der Waals surface area contributed by atoms with Crippen molar-refractivity contribution in [1.82, 2.24) is 9.78 Å². The van der Waals surface area contributed by atoms with Crippen LogP contribution in [0.4, 0.5) is 0 Å². The van der Waals surface area contributed by atoms with Gasteiger partial charge in [-0.25, -0.2) is 4.68 Å². The number of hydrogen-bond acceptors (Lipinski definition) is 2. The van der Waals surface area contributed by atoms with E-state index in [2.05, 4.69) is 5.10 Å². The molecule has 22 heavy (non-hydrogen) atoms. The number of carboxylic acids is 1. The Hall–Kier alpha value is -2.88. The summed E-state index contributed by atoms with van der Waals surface area (Å²) in [5.41, 5.74) is 4.46. The molecule has 0 radical (unpaired) electrons. The summed E-state index contributed by atoms with van der Waals surface area (Å²) in [6.07, 6.45) is 1.81. The third-order valence-electron chi connectivity index (χ3n) is 3.57. The number of benzene rings is 2. The minimum absolute atomic E-state index is 0.0937. The van der Waals surface area contributed by atoms with Crippen LogP contribution in [0.3, 0.4) is 0 Å². The summed E-state index contributed by atoms with van der Waals surface area (Å²) < 4.78 is 1.74. The highest BCUT2D eigenvalue weighted by Gasteiger charge is 2.16. The lowest BCUT2D eigenvalue weighted by molar-refractivity contribution is -0.136. The first-order valence-electron chi connectivity index (χ1n) is 7.07. The van der Waals surface area contributed by atoms with Crippen molar-refractivity contribution in [3.8, 4) is 16.8 Å². The van der Waals surface area contributed by atoms with Gasteiger partial charge in [-0.3, -0.25) is 4.79 Å². The Balaban J connectivity index is 2.14. The smallest absolute Gasteiger partial charge is 0.309 e. The van der Waals surface area contributed by atoms with Gasteiger partial charge in [0, 0.05) is 11.8 Å². The molecule has 1 aromatic heterocycles. The van der Waals surface area contributed by atoms with Gasteiger partial charge in [-0.05, 0) is 30.2 Å². The Labute approximate surface area is 128 Å². The largest absolute Gasteiger partial charge is 0.481 e. The molecule has 0 atom stereocenters. The third kappa shape index (κ3) is 2.76. The molecule has 2 aromatic carbocycles. The second-order valence-electron chi connectivity index (χ2n) is 5.16. The SMILES string of the molecule is Cc1ccccc1-c1cn(-c2ccccc2)nc1CC(=O)O. The molecule has 0 unspecified atom stereocenters. The number of aryl methyl sites for hydroxylation is 1. The molecule has 4 nitrogen and oxygen atoms in total. The van der Waals surface area contributed by atoms with E-state index >= 15 is 0 Å². The molecule has 3 aromatic rings. The molecule has 0 bridgehead atoms. The number of carboxylic acid groups (broad SMARTS) is 1. The van der Waals surface area contributed by atoms with Gasteiger partial charge in [0.15, 0.2) is 0 Å². The molecule has 0 spiro atoms. The average Bonchev–Trinajstić information content (AvgIpc) is 2.91. The van der Waals surface area contributed by atoms with Gasteiger partial charge >= 0.3 is 5.97 Å². The monoisotopic (exact) mass is 292 g/mol. The van der Waals surface area contributed by atoms with Gasteiger partial charge in [-0.15, -0.1) is 0 Å². The van der Waals surface area contributed by atoms with E-state index in [4.69, 9.17) is 5.11 Å². The third-order valence-corrected chi connectivity index (χ3v) is 3.57. The lowest BCUT2D eigenvalue weighted by Gasteiger charge is -2.04. The molecule has 4 heteroatoms. The van der Waals surface area contributed by atoms with Crippen molar-refractivity contribution >= 4 is 5.97 Å². The van der Waals surface area contributed by atoms with Gasteiger partial charge in [0.1, 0.15) is 0 Å². The summed E-state index contributed by atoms with van der Waals surface area (Å²) in [4.78, 5) is 11.1. The van der Waals surface area contributed by atoms with E-state index < -0.39 is 5.97 Å². The van der Waals surface area contributed by atoms with E-state index in [0.717, 1.165) is 22.4 Å². The van der Waals surface area contributed by atoms with Crippen molar-refractivity contribution in [2.45, 2.75) is 13.3 Å². The summed E-state index contributed by atoms with van der Waals surface area (Å²) in [6, 6.07) is 17.6. The Morgan fingerprint density at radius 3 is 2.41 bits per heavy atom. The maximum atomic E-state index is 11.1. The van der Waals surface area contributed by atoms with E-state index in [1.807, 2.05) is 67.7 Å². The van der Waals surface area contributed by atoms with Crippen LogP contribution in [0.1, 0.15) is 11.3 Å². The number of carbonyl (C=O) groups is 1. The van der Waals surface area contributed by atoms with Gasteiger partial charge in [0.25, 0.3) is 0 Å². The minimum Gasteiger partial charge on any atom is -0.481 e. The van der Waals surface area contributed by atoms with Crippen LogP contribution < -0.4 is 0 Å². The molecule has 0 amide bonds. The molecule has 0 aliphatic rings. The highest BCUT2D eigenvalue weighted by molar-refractivity contribution is 5.76. The second kappa shape index (κ2) is 5.85. The van der Waals surface area contributed by atoms with Crippen LogP contribution >= 0.6 is 0 Å². The van der Waals surface area contributed by atoms with E-state index in [9.17, 15) is 4.79 Å². The second-order valence-corrected chi connectivity index (χ2v) is 5.16. The zero-order chi connectivity index (χ0) is 15.5. The van der Waals surface area contributed by atoms with Gasteiger partial charge in [-0.1, -0.05) is 42.5 Å². The molecular weight excluding hydrogens is 276 g/mol. The van der Waals surface area contributed by atoms with Gasteiger partial charge in [0.05, 0.1) is 17.8 Å². The van der Waals surface area contributed by atoms with Crippen LogP contribution in [0.5, 0.6) is 0 Å². The van der Waals surface area contributed by atoms with E-state index in [1.165, 1.54) is 0 Å². The quantitative estimate of drug-likeness (QED) is 0.801. The fraction of sp³-hybridized carbons (Fsp3) is 0.111. The van der Waals surface area contributed by atoms with Gasteiger partial charge in [0.2, 0.25) is 0 Å². The predicted octanol–water partition coefficient (Wildman–Crippen LogP) is 3.47. The van der Waals surface area contributed by atoms with Crippen molar-refractivity contribution in [2.24, 2.45) is 0 Å². The zero-order valence-corrected chi connectivity index (χ0v) is 12.2. The number of rotatable bonds is 4. The summed E-state index contributed by atoms with van der Waals surface area (Å²) in [5.74, 6) is -0.881. The molecule has 0 saturated heterocycles. The standard InChI is InChI=1S/C18H16N2O2/c1-13-7-5-6-10-15(13)16-12-20(14-8-3-2-4-9-14)19-17(16)11-18(21)22/h2-10,12H,11H2,1H3,(H,21,22). The Bertz CT molecular complexity index is 807. The number of aromatic nitrogens is 2. The molecule has 110 valence electrons. The molecule has 0 aliphatic heterocycles. The molecule has 0 aliphatic carbocycles. The normalized spacial score (nSPS) is 10.6. The van der Waals surface area contributed by atoms with Crippen molar-refractivity contribution in [1.29, 1.82) is 0 Å². The molecule has 1 N–H and O–H groups in total. The average molecular weight is 292 g/mol. The minimum atomic E-state index is -0.881. The summed E-state index contributed by atoms with van der Waals surface area (Å²) in [5, 5.41) is 13.6. The van der Waals surface area contributed by atoms with Crippen molar-refractivity contribution < 1.29 is 9.90 Å². The fourth-order valence-corrected chi connectivity index (χ4v) is 2.50. The van der Waals surface area contributed by atoms with Crippen molar-refractivity contribution in [3.63, 3.8) is 0 Å². The predicted molar refractivity (Wildman–Crippen MR) is 85.1 cm³/mol. The number of hydrogen-bond donors (Lipinski definition) is 1.